The van der Waals surface area contributed by atoms with Gasteiger partial charge in [-0.3, -0.25) is 14.4 Å². The summed E-state index contributed by atoms with van der Waals surface area (Å²) < 4.78 is 9.97. The first kappa shape index (κ1) is 30.7. The molecule has 0 saturated carbocycles. The molecular formula is C26H41N3O7. The number of hydrogen-bond acceptors (Lipinski definition) is 7. The molecule has 0 saturated heterocycles. The number of ether oxygens (including phenoxy) is 2. The number of methoxy groups -OCH3 is 1. The third kappa shape index (κ3) is 8.73. The Morgan fingerprint density at radius 1 is 1.06 bits per heavy atom. The van der Waals surface area contributed by atoms with Crippen LogP contribution in [0.2, 0.25) is 0 Å². The lowest BCUT2D eigenvalue weighted by atomic mass is 9.92. The smallest absolute Gasteiger partial charge is 0.408 e. The van der Waals surface area contributed by atoms with Gasteiger partial charge in [0.15, 0.2) is 0 Å². The third-order valence-electron chi connectivity index (χ3n) is 5.24. The average Bonchev–Trinajstić information content (AvgIpc) is 2.73. The van der Waals surface area contributed by atoms with Crippen LogP contribution in [0, 0.1) is 12.8 Å². The van der Waals surface area contributed by atoms with Crippen molar-refractivity contribution in [2.24, 2.45) is 5.92 Å². The quantitative estimate of drug-likeness (QED) is 0.460. The van der Waals surface area contributed by atoms with Crippen LogP contribution in [0.5, 0.6) is 5.75 Å². The molecule has 0 fully saturated rings. The van der Waals surface area contributed by atoms with Gasteiger partial charge in [0.05, 0.1) is 7.11 Å². The Kier molecular flexibility index (Phi) is 10.3. The van der Waals surface area contributed by atoms with Crippen LogP contribution in [0.1, 0.15) is 72.6 Å². The van der Waals surface area contributed by atoms with Gasteiger partial charge in [-0.25, -0.2) is 4.79 Å². The number of nitrogens with zero attached hydrogens (tertiary/aromatic N) is 1. The zero-order valence-corrected chi connectivity index (χ0v) is 23.0. The maximum atomic E-state index is 14.0. The molecule has 3 N–H and O–H groups in total. The third-order valence-corrected chi connectivity index (χ3v) is 5.24. The second kappa shape index (κ2) is 12.1. The molecule has 0 spiro atoms. The molecule has 0 aliphatic rings. The SMILES string of the molecule is COC(=O)CNC(=O)C(c1ccc(O)c(C)c1)N(C(=O)C(NC(=O)OC(C)(C)C)C(C)C)C(C)(C)C. The van der Waals surface area contributed by atoms with Gasteiger partial charge in [-0.2, -0.15) is 0 Å². The molecule has 2 unspecified atom stereocenters. The molecular weight excluding hydrogens is 466 g/mol. The molecule has 0 bridgehead atoms. The average molecular weight is 508 g/mol. The van der Waals surface area contributed by atoms with Crippen LogP contribution in [0.3, 0.4) is 0 Å². The van der Waals surface area contributed by atoms with Crippen molar-refractivity contribution < 1.29 is 33.8 Å². The van der Waals surface area contributed by atoms with E-state index in [9.17, 15) is 24.3 Å². The Morgan fingerprint density at radius 3 is 2.08 bits per heavy atom. The second-order valence-corrected chi connectivity index (χ2v) is 11.0. The van der Waals surface area contributed by atoms with Crippen molar-refractivity contribution >= 4 is 23.9 Å². The standard InChI is InChI=1S/C26H41N3O7/c1-15(2)20(28-24(34)36-26(7,8)9)23(33)29(25(4,5)6)21(22(32)27-14-19(31)35-10)17-11-12-18(30)16(3)13-17/h11-13,15,20-21,30H,14H2,1-10H3,(H,27,32)(H,28,34). The molecule has 0 aromatic heterocycles. The summed E-state index contributed by atoms with van der Waals surface area (Å²) in [4.78, 5) is 53.1. The highest BCUT2D eigenvalue weighted by Gasteiger charge is 2.42. The van der Waals surface area contributed by atoms with Gasteiger partial charge in [0.25, 0.3) is 0 Å². The molecule has 1 aromatic rings. The number of esters is 1. The van der Waals surface area contributed by atoms with E-state index in [0.29, 0.717) is 11.1 Å². The lowest BCUT2D eigenvalue weighted by molar-refractivity contribution is -0.150. The molecule has 1 rings (SSSR count). The maximum absolute atomic E-state index is 14.0. The number of aromatic hydroxyl groups is 1. The van der Waals surface area contributed by atoms with Gasteiger partial charge >= 0.3 is 12.1 Å². The largest absolute Gasteiger partial charge is 0.508 e. The lowest BCUT2D eigenvalue weighted by Gasteiger charge is -2.43. The van der Waals surface area contributed by atoms with Crippen molar-refractivity contribution in [3.8, 4) is 5.75 Å². The van der Waals surface area contributed by atoms with E-state index in [4.69, 9.17) is 4.74 Å². The van der Waals surface area contributed by atoms with Crippen LogP contribution in [0.4, 0.5) is 4.79 Å². The summed E-state index contributed by atoms with van der Waals surface area (Å²) in [6.07, 6.45) is -0.754. The van der Waals surface area contributed by atoms with Crippen molar-refractivity contribution in [3.05, 3.63) is 29.3 Å². The number of benzene rings is 1. The number of amides is 3. The number of alkyl carbamates (subject to hydrolysis) is 1. The van der Waals surface area contributed by atoms with Gasteiger partial charge in [-0.05, 0) is 77.6 Å². The zero-order valence-electron chi connectivity index (χ0n) is 23.0. The van der Waals surface area contributed by atoms with Crippen LogP contribution in [0.25, 0.3) is 0 Å². The van der Waals surface area contributed by atoms with Crippen LogP contribution in [0.15, 0.2) is 18.2 Å². The van der Waals surface area contributed by atoms with Crippen molar-refractivity contribution in [3.63, 3.8) is 0 Å². The van der Waals surface area contributed by atoms with Gasteiger partial charge in [0.2, 0.25) is 11.8 Å². The number of carbonyl (C=O) groups is 4. The van der Waals surface area contributed by atoms with Gasteiger partial charge in [0, 0.05) is 5.54 Å². The van der Waals surface area contributed by atoms with Crippen molar-refractivity contribution in [1.29, 1.82) is 0 Å². The van der Waals surface area contributed by atoms with Gasteiger partial charge < -0.3 is 30.1 Å². The van der Waals surface area contributed by atoms with Gasteiger partial charge in [-0.15, -0.1) is 0 Å². The van der Waals surface area contributed by atoms with E-state index in [-0.39, 0.29) is 11.7 Å². The number of rotatable bonds is 8. The highest BCUT2D eigenvalue weighted by molar-refractivity contribution is 5.93. The van der Waals surface area contributed by atoms with Crippen molar-refractivity contribution in [2.45, 2.75) is 85.5 Å². The Labute approximate surface area is 213 Å². The van der Waals surface area contributed by atoms with Gasteiger partial charge in [-0.1, -0.05) is 19.9 Å². The van der Waals surface area contributed by atoms with Crippen molar-refractivity contribution in [1.82, 2.24) is 15.5 Å². The maximum Gasteiger partial charge on any atom is 0.408 e. The lowest BCUT2D eigenvalue weighted by Crippen LogP contribution is -2.60. The first-order chi connectivity index (χ1) is 16.4. The summed E-state index contributed by atoms with van der Waals surface area (Å²) in [5, 5.41) is 15.2. The summed E-state index contributed by atoms with van der Waals surface area (Å²) in [6.45, 7) is 15.3. The van der Waals surface area contributed by atoms with E-state index in [1.54, 1.807) is 74.4 Å². The molecule has 0 aliphatic heterocycles. The fourth-order valence-corrected chi connectivity index (χ4v) is 3.54. The van der Waals surface area contributed by atoms with Crippen LogP contribution < -0.4 is 10.6 Å². The van der Waals surface area contributed by atoms with Crippen LogP contribution >= 0.6 is 0 Å². The summed E-state index contributed by atoms with van der Waals surface area (Å²) in [5.74, 6) is -2.08. The summed E-state index contributed by atoms with van der Waals surface area (Å²) in [6, 6.07) is 2.41. The molecule has 1 aromatic carbocycles. The Hall–Kier alpha value is -3.30. The minimum atomic E-state index is -1.18. The predicted molar refractivity (Wildman–Crippen MR) is 135 cm³/mol. The molecule has 10 heteroatoms. The Balaban J connectivity index is 3.58. The molecule has 36 heavy (non-hydrogen) atoms. The molecule has 0 radical (unpaired) electrons. The highest BCUT2D eigenvalue weighted by atomic mass is 16.6. The number of phenols is 1. The fraction of sp³-hybridized carbons (Fsp3) is 0.615. The fourth-order valence-electron chi connectivity index (χ4n) is 3.54. The Bertz CT molecular complexity index is 961. The van der Waals surface area contributed by atoms with E-state index in [2.05, 4.69) is 15.4 Å². The molecule has 202 valence electrons. The molecule has 0 heterocycles. The molecule has 10 nitrogen and oxygen atoms in total. The monoisotopic (exact) mass is 507 g/mol. The molecule has 0 aliphatic carbocycles. The van der Waals surface area contributed by atoms with E-state index >= 15 is 0 Å². The zero-order chi connectivity index (χ0) is 28.0. The second-order valence-electron chi connectivity index (χ2n) is 11.0. The van der Waals surface area contributed by atoms with E-state index in [1.165, 1.54) is 18.1 Å². The molecule has 2 atom stereocenters. The van der Waals surface area contributed by atoms with Crippen LogP contribution in [-0.2, 0) is 23.9 Å². The first-order valence-corrected chi connectivity index (χ1v) is 11.9. The minimum Gasteiger partial charge on any atom is -0.508 e. The van der Waals surface area contributed by atoms with Crippen molar-refractivity contribution in [2.75, 3.05) is 13.7 Å². The number of nitrogens with one attached hydrogen (secondary N) is 2. The van der Waals surface area contributed by atoms with Crippen LogP contribution in [-0.4, -0.2) is 64.7 Å². The number of aryl methyl sites for hydroxylation is 1. The number of carbonyl (C=O) groups excluding carboxylic acids is 4. The number of phenolic OH excluding ortho intramolecular Hbond substituents is 1. The summed E-state index contributed by atoms with van der Waals surface area (Å²) >= 11 is 0. The minimum absolute atomic E-state index is 0.0350. The van der Waals surface area contributed by atoms with Gasteiger partial charge in [0.1, 0.15) is 30.0 Å². The topological polar surface area (TPSA) is 134 Å². The highest BCUT2D eigenvalue weighted by Crippen LogP contribution is 2.32. The normalized spacial score (nSPS) is 13.4. The summed E-state index contributed by atoms with van der Waals surface area (Å²) in [5.41, 5.74) is -0.723. The predicted octanol–water partition coefficient (Wildman–Crippen LogP) is 3.21. The summed E-state index contributed by atoms with van der Waals surface area (Å²) in [7, 11) is 1.20. The van der Waals surface area contributed by atoms with E-state index in [1.807, 2.05) is 0 Å². The van der Waals surface area contributed by atoms with E-state index < -0.39 is 53.6 Å². The van der Waals surface area contributed by atoms with E-state index in [0.717, 1.165) is 0 Å². The Morgan fingerprint density at radius 2 is 1.64 bits per heavy atom. The number of hydrogen-bond donors (Lipinski definition) is 3. The first-order valence-electron chi connectivity index (χ1n) is 11.9. The molecule has 3 amide bonds.